The van der Waals surface area contributed by atoms with Gasteiger partial charge in [0.05, 0.1) is 0 Å². The highest BCUT2D eigenvalue weighted by atomic mass is 35.5. The van der Waals surface area contributed by atoms with E-state index in [0.29, 0.717) is 11.8 Å². The molecule has 1 heterocycles. The molecule has 1 saturated carbocycles. The van der Waals surface area contributed by atoms with Crippen LogP contribution >= 0.6 is 12.4 Å². The fourth-order valence-electron chi connectivity index (χ4n) is 3.60. The highest BCUT2D eigenvalue weighted by Crippen LogP contribution is 2.31. The number of nitrogens with one attached hydrogen (secondary N) is 2. The van der Waals surface area contributed by atoms with E-state index in [9.17, 15) is 4.79 Å². The maximum atomic E-state index is 12.3. The Kier molecular flexibility index (Phi) is 8.55. The minimum Gasteiger partial charge on any atom is -0.356 e. The lowest BCUT2D eigenvalue weighted by Gasteiger charge is -2.24. The Labute approximate surface area is 130 Å². The number of carbonyl (C=O) groups excluding carboxylic acids is 1. The summed E-state index contributed by atoms with van der Waals surface area (Å²) in [5.74, 6) is 2.01. The summed E-state index contributed by atoms with van der Waals surface area (Å²) in [7, 11) is 0. The lowest BCUT2D eigenvalue weighted by molar-refractivity contribution is -0.125. The molecule has 0 aromatic heterocycles. The number of hydrogen-bond donors (Lipinski definition) is 2. The highest BCUT2D eigenvalue weighted by Gasteiger charge is 2.24. The summed E-state index contributed by atoms with van der Waals surface area (Å²) in [6, 6.07) is 0. The molecule has 3 nitrogen and oxygen atoms in total. The molecule has 2 atom stereocenters. The monoisotopic (exact) mass is 302 g/mol. The van der Waals surface area contributed by atoms with E-state index in [0.717, 1.165) is 38.4 Å². The first-order chi connectivity index (χ1) is 9.29. The average Bonchev–Trinajstić information content (AvgIpc) is 2.96. The summed E-state index contributed by atoms with van der Waals surface area (Å²) in [5, 5.41) is 6.61. The van der Waals surface area contributed by atoms with Crippen LogP contribution in [0.1, 0.15) is 58.3 Å². The third-order valence-corrected chi connectivity index (χ3v) is 4.92. The zero-order valence-electron chi connectivity index (χ0n) is 12.8. The van der Waals surface area contributed by atoms with Crippen LogP contribution in [0.25, 0.3) is 0 Å². The van der Waals surface area contributed by atoms with Gasteiger partial charge < -0.3 is 10.6 Å². The van der Waals surface area contributed by atoms with E-state index < -0.39 is 0 Å². The molecule has 0 aromatic rings. The van der Waals surface area contributed by atoms with Gasteiger partial charge in [0.15, 0.2) is 0 Å². The number of hydrogen-bond acceptors (Lipinski definition) is 2. The highest BCUT2D eigenvalue weighted by molar-refractivity contribution is 5.85. The molecule has 2 rings (SSSR count). The first-order valence-electron chi connectivity index (χ1n) is 8.28. The van der Waals surface area contributed by atoms with Crippen LogP contribution in [0.5, 0.6) is 0 Å². The Bertz CT molecular complexity index is 274. The Hall–Kier alpha value is -0.280. The fourth-order valence-corrected chi connectivity index (χ4v) is 3.60. The van der Waals surface area contributed by atoms with Crippen molar-refractivity contribution in [2.45, 2.75) is 58.3 Å². The van der Waals surface area contributed by atoms with Crippen LogP contribution in [-0.4, -0.2) is 25.5 Å². The molecular weight excluding hydrogens is 272 g/mol. The zero-order chi connectivity index (χ0) is 13.5. The standard InChI is InChI=1S/C16H30N2O.ClH/c1-2-15(10-13-6-3-4-7-13)16(19)18-12-14-8-5-9-17-11-14;/h13-15,17H,2-12H2,1H3,(H,18,19);1H. The van der Waals surface area contributed by atoms with E-state index in [1.165, 1.54) is 38.5 Å². The zero-order valence-corrected chi connectivity index (χ0v) is 13.6. The van der Waals surface area contributed by atoms with E-state index in [-0.39, 0.29) is 18.3 Å². The SMILES string of the molecule is CCC(CC1CCCC1)C(=O)NCC1CCCNC1.Cl. The summed E-state index contributed by atoms with van der Waals surface area (Å²) in [5.41, 5.74) is 0. The van der Waals surface area contributed by atoms with Crippen molar-refractivity contribution in [3.63, 3.8) is 0 Å². The van der Waals surface area contributed by atoms with Crippen molar-refractivity contribution in [3.05, 3.63) is 0 Å². The second-order valence-electron chi connectivity index (χ2n) is 6.45. The third kappa shape index (κ3) is 5.61. The van der Waals surface area contributed by atoms with Crippen molar-refractivity contribution in [2.75, 3.05) is 19.6 Å². The van der Waals surface area contributed by atoms with Crippen LogP contribution in [-0.2, 0) is 4.79 Å². The molecule has 118 valence electrons. The number of carbonyl (C=O) groups is 1. The van der Waals surface area contributed by atoms with Gasteiger partial charge in [0.1, 0.15) is 0 Å². The van der Waals surface area contributed by atoms with Crippen molar-refractivity contribution in [1.82, 2.24) is 10.6 Å². The van der Waals surface area contributed by atoms with Gasteiger partial charge in [-0.05, 0) is 50.6 Å². The Morgan fingerprint density at radius 2 is 1.90 bits per heavy atom. The van der Waals surface area contributed by atoms with Gasteiger partial charge in [0, 0.05) is 12.5 Å². The summed E-state index contributed by atoms with van der Waals surface area (Å²) in [4.78, 5) is 12.3. The summed E-state index contributed by atoms with van der Waals surface area (Å²) < 4.78 is 0. The maximum absolute atomic E-state index is 12.3. The Morgan fingerprint density at radius 3 is 2.50 bits per heavy atom. The van der Waals surface area contributed by atoms with Crippen LogP contribution in [0, 0.1) is 17.8 Å². The molecule has 0 spiro atoms. The molecule has 2 N–H and O–H groups in total. The van der Waals surface area contributed by atoms with Crippen LogP contribution in [0.2, 0.25) is 0 Å². The van der Waals surface area contributed by atoms with Crippen molar-refractivity contribution >= 4 is 18.3 Å². The molecule has 2 unspecified atom stereocenters. The maximum Gasteiger partial charge on any atom is 0.223 e. The van der Waals surface area contributed by atoms with Gasteiger partial charge in [-0.15, -0.1) is 12.4 Å². The summed E-state index contributed by atoms with van der Waals surface area (Å²) in [6.07, 6.45) is 10.0. The Balaban J connectivity index is 0.00000200. The molecule has 1 aliphatic heterocycles. The normalized spacial score (nSPS) is 24.9. The molecule has 2 fully saturated rings. The fraction of sp³-hybridized carbons (Fsp3) is 0.938. The second kappa shape index (κ2) is 9.62. The average molecular weight is 303 g/mol. The van der Waals surface area contributed by atoms with E-state index >= 15 is 0 Å². The van der Waals surface area contributed by atoms with Gasteiger partial charge >= 0.3 is 0 Å². The quantitative estimate of drug-likeness (QED) is 0.791. The Morgan fingerprint density at radius 1 is 1.20 bits per heavy atom. The molecular formula is C16H31ClN2O. The molecule has 20 heavy (non-hydrogen) atoms. The van der Waals surface area contributed by atoms with Crippen molar-refractivity contribution in [3.8, 4) is 0 Å². The number of amides is 1. The van der Waals surface area contributed by atoms with E-state index in [1.807, 2.05) is 0 Å². The number of halogens is 1. The predicted octanol–water partition coefficient (Wildman–Crippen LogP) is 3.13. The van der Waals surface area contributed by atoms with E-state index in [4.69, 9.17) is 0 Å². The van der Waals surface area contributed by atoms with Crippen LogP contribution < -0.4 is 10.6 Å². The summed E-state index contributed by atoms with van der Waals surface area (Å²) in [6.45, 7) is 5.23. The van der Waals surface area contributed by atoms with Crippen LogP contribution in [0.15, 0.2) is 0 Å². The molecule has 2 aliphatic rings. The van der Waals surface area contributed by atoms with Crippen molar-refractivity contribution in [1.29, 1.82) is 0 Å². The topological polar surface area (TPSA) is 41.1 Å². The molecule has 1 aliphatic carbocycles. The van der Waals surface area contributed by atoms with Gasteiger partial charge in [0.25, 0.3) is 0 Å². The first kappa shape index (κ1) is 17.8. The van der Waals surface area contributed by atoms with Crippen molar-refractivity contribution in [2.24, 2.45) is 17.8 Å². The molecule has 4 heteroatoms. The largest absolute Gasteiger partial charge is 0.356 e. The second-order valence-corrected chi connectivity index (χ2v) is 6.45. The molecule has 0 aromatic carbocycles. The molecule has 1 saturated heterocycles. The summed E-state index contributed by atoms with van der Waals surface area (Å²) >= 11 is 0. The minimum absolute atomic E-state index is 0. The van der Waals surface area contributed by atoms with E-state index in [2.05, 4.69) is 17.6 Å². The van der Waals surface area contributed by atoms with E-state index in [1.54, 1.807) is 0 Å². The minimum atomic E-state index is 0. The van der Waals surface area contributed by atoms with Gasteiger partial charge in [-0.25, -0.2) is 0 Å². The smallest absolute Gasteiger partial charge is 0.223 e. The molecule has 1 amide bonds. The lowest BCUT2D eigenvalue weighted by atomic mass is 9.90. The predicted molar refractivity (Wildman–Crippen MR) is 86.2 cm³/mol. The van der Waals surface area contributed by atoms with Gasteiger partial charge in [-0.1, -0.05) is 32.6 Å². The number of rotatable bonds is 6. The van der Waals surface area contributed by atoms with Crippen molar-refractivity contribution < 1.29 is 4.79 Å². The van der Waals surface area contributed by atoms with Crippen LogP contribution in [0.4, 0.5) is 0 Å². The lowest BCUT2D eigenvalue weighted by Crippen LogP contribution is -2.40. The third-order valence-electron chi connectivity index (χ3n) is 4.92. The van der Waals surface area contributed by atoms with Gasteiger partial charge in [-0.2, -0.15) is 0 Å². The first-order valence-corrected chi connectivity index (χ1v) is 8.28. The molecule has 0 bridgehead atoms. The van der Waals surface area contributed by atoms with Gasteiger partial charge in [-0.3, -0.25) is 4.79 Å². The number of piperidine rings is 1. The van der Waals surface area contributed by atoms with Gasteiger partial charge in [0.2, 0.25) is 5.91 Å². The molecule has 0 radical (unpaired) electrons. The van der Waals surface area contributed by atoms with Crippen LogP contribution in [0.3, 0.4) is 0 Å².